The largest absolute Gasteiger partial charge is 0.550 e. The molecule has 0 aromatic rings. The summed E-state index contributed by atoms with van der Waals surface area (Å²) in [6, 6.07) is 0. The second-order valence-corrected chi connectivity index (χ2v) is 8.23. The summed E-state index contributed by atoms with van der Waals surface area (Å²) in [5, 5.41) is 60.1. The Hall–Kier alpha value is -0.890. The number of aliphatic hydroxyl groups excluding tert-OH is 5. The Morgan fingerprint density at radius 3 is 2.45 bits per heavy atom. The molecule has 0 aromatic heterocycles. The molecule has 11 heteroatoms. The first kappa shape index (κ1) is 26.4. The number of aliphatic carboxylic acids is 1. The van der Waals surface area contributed by atoms with Gasteiger partial charge >= 0.3 is 0 Å². The maximum atomic E-state index is 10.4. The fourth-order valence-corrected chi connectivity index (χ4v) is 3.69. The van der Waals surface area contributed by atoms with Crippen molar-refractivity contribution in [3.05, 3.63) is 0 Å². The average Bonchev–Trinajstić information content (AvgIpc) is 2.71. The van der Waals surface area contributed by atoms with Gasteiger partial charge in [-0.3, -0.25) is 0 Å². The SMILES string of the molecule is CC(CCCCCCC(=O)[O-])OC1OCC(O)C(O)C1OC1OC(CO)C(O)CC1O. The molecule has 2 fully saturated rings. The van der Waals surface area contributed by atoms with E-state index in [1.54, 1.807) is 0 Å². The Kier molecular flexibility index (Phi) is 11.0. The van der Waals surface area contributed by atoms with Crippen LogP contribution in [0.25, 0.3) is 0 Å². The second kappa shape index (κ2) is 13.0. The summed E-state index contributed by atoms with van der Waals surface area (Å²) in [5.41, 5.74) is 0. The van der Waals surface area contributed by atoms with E-state index in [0.29, 0.717) is 12.8 Å². The Balaban J connectivity index is 1.86. The maximum absolute atomic E-state index is 10.4. The lowest BCUT2D eigenvalue weighted by molar-refractivity contribution is -0.349. The van der Waals surface area contributed by atoms with Gasteiger partial charge in [-0.2, -0.15) is 0 Å². The molecule has 0 aliphatic carbocycles. The molecule has 2 heterocycles. The van der Waals surface area contributed by atoms with Gasteiger partial charge in [0.2, 0.25) is 0 Å². The smallest absolute Gasteiger partial charge is 0.186 e. The molecule has 0 spiro atoms. The average molecular weight is 451 g/mol. The maximum Gasteiger partial charge on any atom is 0.186 e. The predicted octanol–water partition coefficient (Wildman–Crippen LogP) is -2.23. The third kappa shape index (κ3) is 8.19. The van der Waals surface area contributed by atoms with E-state index in [1.165, 1.54) is 0 Å². The van der Waals surface area contributed by atoms with Gasteiger partial charge in [0.05, 0.1) is 25.4 Å². The highest BCUT2D eigenvalue weighted by Crippen LogP contribution is 2.28. The van der Waals surface area contributed by atoms with Gasteiger partial charge in [0.25, 0.3) is 0 Å². The van der Waals surface area contributed by atoms with E-state index in [1.807, 2.05) is 6.92 Å². The monoisotopic (exact) mass is 451 g/mol. The summed E-state index contributed by atoms with van der Waals surface area (Å²) in [6.07, 6.45) is -5.90. The van der Waals surface area contributed by atoms with E-state index < -0.39 is 61.8 Å². The van der Waals surface area contributed by atoms with E-state index in [9.17, 15) is 35.4 Å². The molecule has 2 aliphatic rings. The first-order valence-electron chi connectivity index (χ1n) is 10.8. The van der Waals surface area contributed by atoms with Crippen LogP contribution in [0.3, 0.4) is 0 Å². The molecule has 0 bridgehead atoms. The van der Waals surface area contributed by atoms with Crippen molar-refractivity contribution in [2.75, 3.05) is 13.2 Å². The lowest BCUT2D eigenvalue weighted by Crippen LogP contribution is -2.59. The first-order chi connectivity index (χ1) is 14.7. The van der Waals surface area contributed by atoms with Crippen molar-refractivity contribution in [1.82, 2.24) is 0 Å². The molecule has 2 aliphatic heterocycles. The molecular formula is C20H35O11-. The van der Waals surface area contributed by atoms with Crippen molar-refractivity contribution in [3.8, 4) is 0 Å². The summed E-state index contributed by atoms with van der Waals surface area (Å²) in [5.74, 6) is -1.05. The molecule has 31 heavy (non-hydrogen) atoms. The van der Waals surface area contributed by atoms with Crippen molar-refractivity contribution in [1.29, 1.82) is 0 Å². The molecule has 11 nitrogen and oxygen atoms in total. The van der Waals surface area contributed by atoms with Crippen LogP contribution in [-0.4, -0.2) is 100 Å². The molecule has 9 atom stereocenters. The Morgan fingerprint density at radius 2 is 1.77 bits per heavy atom. The number of carboxylic acids is 1. The minimum absolute atomic E-state index is 0.0461. The van der Waals surface area contributed by atoms with E-state index in [-0.39, 0.29) is 25.6 Å². The van der Waals surface area contributed by atoms with Crippen molar-refractivity contribution in [3.63, 3.8) is 0 Å². The molecule has 182 valence electrons. The highest BCUT2D eigenvalue weighted by Gasteiger charge is 2.45. The van der Waals surface area contributed by atoms with Gasteiger partial charge in [0.1, 0.15) is 30.5 Å². The van der Waals surface area contributed by atoms with Crippen molar-refractivity contribution in [2.24, 2.45) is 0 Å². The van der Waals surface area contributed by atoms with Gasteiger partial charge in [-0.05, 0) is 26.2 Å². The van der Waals surface area contributed by atoms with Gasteiger partial charge in [-0.15, -0.1) is 0 Å². The summed E-state index contributed by atoms with van der Waals surface area (Å²) < 4.78 is 22.4. The molecule has 9 unspecified atom stereocenters. The van der Waals surface area contributed by atoms with Crippen LogP contribution in [0.5, 0.6) is 0 Å². The van der Waals surface area contributed by atoms with Crippen LogP contribution >= 0.6 is 0 Å². The Morgan fingerprint density at radius 1 is 1.06 bits per heavy atom. The number of carboxylic acid groups (broad SMARTS) is 1. The number of carbonyl (C=O) groups excluding carboxylic acids is 1. The molecule has 2 saturated heterocycles. The van der Waals surface area contributed by atoms with E-state index in [2.05, 4.69) is 0 Å². The van der Waals surface area contributed by atoms with Crippen LogP contribution in [0.1, 0.15) is 51.9 Å². The second-order valence-electron chi connectivity index (χ2n) is 8.23. The number of rotatable bonds is 12. The molecule has 0 amide bonds. The zero-order chi connectivity index (χ0) is 23.0. The predicted molar refractivity (Wildman–Crippen MR) is 102 cm³/mol. The van der Waals surface area contributed by atoms with Gasteiger partial charge in [0, 0.05) is 12.4 Å². The van der Waals surface area contributed by atoms with Gasteiger partial charge in [0.15, 0.2) is 12.6 Å². The van der Waals surface area contributed by atoms with E-state index >= 15 is 0 Å². The molecule has 0 radical (unpaired) electrons. The van der Waals surface area contributed by atoms with Gasteiger partial charge in [-0.1, -0.05) is 19.3 Å². The molecule has 0 saturated carbocycles. The number of ether oxygens (including phenoxy) is 4. The third-order valence-corrected chi connectivity index (χ3v) is 5.54. The number of unbranched alkanes of at least 4 members (excludes halogenated alkanes) is 3. The molecule has 5 N–H and O–H groups in total. The zero-order valence-electron chi connectivity index (χ0n) is 17.7. The van der Waals surface area contributed by atoms with Gasteiger partial charge in [-0.25, -0.2) is 0 Å². The number of aliphatic hydroxyl groups is 5. The molecular weight excluding hydrogens is 416 g/mol. The Bertz CT molecular complexity index is 533. The summed E-state index contributed by atoms with van der Waals surface area (Å²) in [6.45, 7) is 1.19. The van der Waals surface area contributed by atoms with Crippen LogP contribution in [-0.2, 0) is 23.7 Å². The first-order valence-corrected chi connectivity index (χ1v) is 10.8. The normalized spacial score (nSPS) is 37.5. The number of hydrogen-bond donors (Lipinski definition) is 5. The molecule has 0 aromatic carbocycles. The van der Waals surface area contributed by atoms with Crippen molar-refractivity contribution >= 4 is 5.97 Å². The standard InChI is InChI=1S/C20H36O11/c1-11(6-4-2-3-5-7-16(25)26)29-20-18(17(27)14(24)10-28-20)31-19-13(23)8-12(22)15(9-21)30-19/h11-15,17-24,27H,2-10H2,1H3,(H,25,26)/p-1. The van der Waals surface area contributed by atoms with Crippen molar-refractivity contribution < 1.29 is 54.4 Å². The van der Waals surface area contributed by atoms with E-state index in [0.717, 1.165) is 19.3 Å². The fraction of sp³-hybridized carbons (Fsp3) is 0.950. The number of hydrogen-bond acceptors (Lipinski definition) is 11. The minimum atomic E-state index is -1.36. The van der Waals surface area contributed by atoms with E-state index in [4.69, 9.17) is 18.9 Å². The van der Waals surface area contributed by atoms with Crippen LogP contribution in [0.2, 0.25) is 0 Å². The van der Waals surface area contributed by atoms with Crippen LogP contribution < -0.4 is 5.11 Å². The van der Waals surface area contributed by atoms with Gasteiger partial charge < -0.3 is 54.4 Å². The lowest BCUT2D eigenvalue weighted by atomic mass is 10.0. The summed E-state index contributed by atoms with van der Waals surface area (Å²) in [7, 11) is 0. The lowest BCUT2D eigenvalue weighted by Gasteiger charge is -2.43. The van der Waals surface area contributed by atoms with Crippen LogP contribution in [0.15, 0.2) is 0 Å². The molecule has 2 rings (SSSR count). The topological polar surface area (TPSA) is 178 Å². The fourth-order valence-electron chi connectivity index (χ4n) is 3.69. The summed E-state index contributed by atoms with van der Waals surface area (Å²) in [4.78, 5) is 10.4. The highest BCUT2D eigenvalue weighted by atomic mass is 16.8. The number of carbonyl (C=O) groups is 1. The Labute approximate surface area is 181 Å². The summed E-state index contributed by atoms with van der Waals surface area (Å²) >= 11 is 0. The highest BCUT2D eigenvalue weighted by molar-refractivity contribution is 5.64. The third-order valence-electron chi connectivity index (χ3n) is 5.54. The zero-order valence-corrected chi connectivity index (χ0v) is 17.7. The quantitative estimate of drug-likeness (QED) is 0.203. The van der Waals surface area contributed by atoms with Crippen LogP contribution in [0.4, 0.5) is 0 Å². The minimum Gasteiger partial charge on any atom is -0.550 e. The van der Waals surface area contributed by atoms with Crippen LogP contribution in [0, 0.1) is 0 Å². The van der Waals surface area contributed by atoms with Crippen molar-refractivity contribution in [2.45, 2.75) is 107 Å².